The molecule has 158 valence electrons. The van der Waals surface area contributed by atoms with Crippen LogP contribution in [-0.4, -0.2) is 18.1 Å². The molecule has 2 nitrogen and oxygen atoms in total. The van der Waals surface area contributed by atoms with Gasteiger partial charge in [-0.3, -0.25) is 4.79 Å². The van der Waals surface area contributed by atoms with Crippen LogP contribution in [0.4, 0.5) is 26.3 Å². The highest BCUT2D eigenvalue weighted by molar-refractivity contribution is 5.75. The van der Waals surface area contributed by atoms with Crippen LogP contribution in [0.2, 0.25) is 0 Å². The first kappa shape index (κ1) is 22.6. The van der Waals surface area contributed by atoms with Crippen molar-refractivity contribution < 1.29 is 35.9 Å². The van der Waals surface area contributed by atoms with Crippen LogP contribution in [0.5, 0.6) is 5.75 Å². The molecule has 1 aliphatic rings. The van der Waals surface area contributed by atoms with Gasteiger partial charge in [0.05, 0.1) is 5.92 Å². The lowest BCUT2D eigenvalue weighted by Crippen LogP contribution is -2.45. The monoisotopic (exact) mass is 410 g/mol. The second-order valence-corrected chi connectivity index (χ2v) is 7.31. The van der Waals surface area contributed by atoms with Gasteiger partial charge in [-0.1, -0.05) is 25.8 Å². The summed E-state index contributed by atoms with van der Waals surface area (Å²) in [6.45, 7) is 2.06. The molecule has 28 heavy (non-hydrogen) atoms. The molecular weight excluding hydrogens is 386 g/mol. The minimum absolute atomic E-state index is 0.147. The number of halogens is 6. The highest BCUT2D eigenvalue weighted by atomic mass is 19.4. The fourth-order valence-electron chi connectivity index (χ4n) is 3.48. The Morgan fingerprint density at radius 3 is 2.25 bits per heavy atom. The van der Waals surface area contributed by atoms with Gasteiger partial charge in [0.15, 0.2) is 11.6 Å². The van der Waals surface area contributed by atoms with Crippen LogP contribution in [0, 0.1) is 17.7 Å². The first-order valence-electron chi connectivity index (χ1n) is 9.51. The summed E-state index contributed by atoms with van der Waals surface area (Å²) in [4.78, 5) is 12.2. The second kappa shape index (κ2) is 9.18. The zero-order chi connectivity index (χ0) is 20.9. The summed E-state index contributed by atoms with van der Waals surface area (Å²) in [7, 11) is 0. The van der Waals surface area contributed by atoms with E-state index in [1.54, 1.807) is 6.07 Å². The third-order valence-electron chi connectivity index (χ3n) is 5.23. The van der Waals surface area contributed by atoms with E-state index in [4.69, 9.17) is 4.74 Å². The SMILES string of the molecule is CCCCCc1ccc(OC(=O)C2CCC(C(F)(F)C(F)(F)F)CC2)c(F)c1. The Labute approximate surface area is 160 Å². The van der Waals surface area contributed by atoms with Gasteiger partial charge in [0, 0.05) is 5.92 Å². The molecular formula is C20H24F6O2. The molecule has 1 aliphatic carbocycles. The third kappa shape index (κ3) is 5.41. The summed E-state index contributed by atoms with van der Waals surface area (Å²) in [5, 5.41) is 0. The molecule has 0 aromatic heterocycles. The van der Waals surface area contributed by atoms with Crippen molar-refractivity contribution in [2.75, 3.05) is 0 Å². The van der Waals surface area contributed by atoms with E-state index in [0.29, 0.717) is 6.42 Å². The number of alkyl halides is 5. The second-order valence-electron chi connectivity index (χ2n) is 7.31. The Kier molecular flexibility index (Phi) is 7.39. The molecule has 0 unspecified atom stereocenters. The van der Waals surface area contributed by atoms with Crippen LogP contribution in [0.25, 0.3) is 0 Å². The van der Waals surface area contributed by atoms with E-state index in [1.165, 1.54) is 12.1 Å². The summed E-state index contributed by atoms with van der Waals surface area (Å²) in [6, 6.07) is 4.29. The number of ether oxygens (including phenoxy) is 1. The Balaban J connectivity index is 1.91. The number of hydrogen-bond acceptors (Lipinski definition) is 2. The maximum absolute atomic E-state index is 14.1. The van der Waals surface area contributed by atoms with E-state index in [1.807, 2.05) is 0 Å². The molecule has 0 N–H and O–H groups in total. The molecule has 0 spiro atoms. The molecule has 8 heteroatoms. The van der Waals surface area contributed by atoms with Crippen LogP contribution in [0.15, 0.2) is 18.2 Å². The highest BCUT2D eigenvalue weighted by Crippen LogP contribution is 2.47. The number of benzene rings is 1. The number of carbonyl (C=O) groups excluding carboxylic acids is 1. The van der Waals surface area contributed by atoms with Gasteiger partial charge in [0.2, 0.25) is 0 Å². The predicted molar refractivity (Wildman–Crippen MR) is 91.7 cm³/mol. The maximum atomic E-state index is 14.1. The fraction of sp³-hybridized carbons (Fsp3) is 0.650. The van der Waals surface area contributed by atoms with Crippen molar-refractivity contribution in [3.8, 4) is 5.75 Å². The Morgan fingerprint density at radius 2 is 1.71 bits per heavy atom. The van der Waals surface area contributed by atoms with Crippen molar-refractivity contribution in [2.45, 2.75) is 70.4 Å². The summed E-state index contributed by atoms with van der Waals surface area (Å²) in [5.74, 6) is -9.20. The van der Waals surface area contributed by atoms with Crippen LogP contribution < -0.4 is 4.74 Å². The maximum Gasteiger partial charge on any atom is 0.453 e. The topological polar surface area (TPSA) is 26.3 Å². The van der Waals surface area contributed by atoms with E-state index >= 15 is 0 Å². The van der Waals surface area contributed by atoms with E-state index in [9.17, 15) is 31.1 Å². The molecule has 0 amide bonds. The van der Waals surface area contributed by atoms with Gasteiger partial charge in [-0.2, -0.15) is 22.0 Å². The number of rotatable bonds is 7. The molecule has 2 rings (SSSR count). The van der Waals surface area contributed by atoms with E-state index in [2.05, 4.69) is 6.92 Å². The summed E-state index contributed by atoms with van der Waals surface area (Å²) >= 11 is 0. The predicted octanol–water partition coefficient (Wildman–Crippen LogP) is 6.47. The standard InChI is InChI=1S/C20H24F6O2/c1-2-3-4-5-13-6-11-17(16(21)12-13)28-18(27)14-7-9-15(10-8-14)19(22,23)20(24,25)26/h6,11-12,14-15H,2-5,7-10H2,1H3. The zero-order valence-corrected chi connectivity index (χ0v) is 15.6. The molecule has 1 aromatic carbocycles. The average molecular weight is 410 g/mol. The number of unbranched alkanes of at least 4 members (excludes halogenated alkanes) is 2. The molecule has 0 saturated heterocycles. The summed E-state index contributed by atoms with van der Waals surface area (Å²) < 4.78 is 83.3. The molecule has 1 aromatic rings. The Hall–Kier alpha value is -1.73. The van der Waals surface area contributed by atoms with Crippen LogP contribution >= 0.6 is 0 Å². The molecule has 0 heterocycles. The van der Waals surface area contributed by atoms with Gasteiger partial charge in [-0.15, -0.1) is 0 Å². The lowest BCUT2D eigenvalue weighted by molar-refractivity contribution is -0.306. The Bertz CT molecular complexity index is 663. The van der Waals surface area contributed by atoms with E-state index in [0.717, 1.165) is 24.8 Å². The van der Waals surface area contributed by atoms with Crippen molar-refractivity contribution in [3.63, 3.8) is 0 Å². The molecule has 0 radical (unpaired) electrons. The summed E-state index contributed by atoms with van der Waals surface area (Å²) in [5.41, 5.74) is 0.778. The lowest BCUT2D eigenvalue weighted by Gasteiger charge is -2.33. The van der Waals surface area contributed by atoms with Crippen molar-refractivity contribution >= 4 is 5.97 Å². The van der Waals surface area contributed by atoms with Crippen LogP contribution in [-0.2, 0) is 11.2 Å². The smallest absolute Gasteiger partial charge is 0.423 e. The largest absolute Gasteiger partial charge is 0.453 e. The zero-order valence-electron chi connectivity index (χ0n) is 15.6. The normalized spacial score (nSPS) is 20.8. The molecule has 1 fully saturated rings. The first-order valence-corrected chi connectivity index (χ1v) is 9.51. The molecule has 0 aliphatic heterocycles. The lowest BCUT2D eigenvalue weighted by atomic mass is 9.78. The first-order chi connectivity index (χ1) is 13.1. The highest BCUT2D eigenvalue weighted by Gasteiger charge is 2.62. The number of aryl methyl sites for hydroxylation is 1. The van der Waals surface area contributed by atoms with E-state index < -0.39 is 48.6 Å². The quantitative estimate of drug-likeness (QED) is 0.223. The van der Waals surface area contributed by atoms with Gasteiger partial charge in [-0.05, 0) is 56.2 Å². The summed E-state index contributed by atoms with van der Waals surface area (Å²) in [6.07, 6.45) is -3.10. The van der Waals surface area contributed by atoms with Gasteiger partial charge in [-0.25, -0.2) is 4.39 Å². The van der Waals surface area contributed by atoms with Gasteiger partial charge >= 0.3 is 18.1 Å². The van der Waals surface area contributed by atoms with Crippen LogP contribution in [0.3, 0.4) is 0 Å². The molecule has 0 atom stereocenters. The number of hydrogen-bond donors (Lipinski definition) is 0. The molecule has 0 bridgehead atoms. The van der Waals surface area contributed by atoms with Crippen molar-refractivity contribution in [3.05, 3.63) is 29.6 Å². The van der Waals surface area contributed by atoms with Crippen molar-refractivity contribution in [1.29, 1.82) is 0 Å². The Morgan fingerprint density at radius 1 is 1.07 bits per heavy atom. The number of carbonyl (C=O) groups is 1. The number of esters is 1. The van der Waals surface area contributed by atoms with Crippen molar-refractivity contribution in [1.82, 2.24) is 0 Å². The minimum Gasteiger partial charge on any atom is -0.423 e. The van der Waals surface area contributed by atoms with Gasteiger partial charge in [0.1, 0.15) is 0 Å². The average Bonchev–Trinajstić information content (AvgIpc) is 2.63. The molecule has 1 saturated carbocycles. The minimum atomic E-state index is -5.60. The van der Waals surface area contributed by atoms with Gasteiger partial charge < -0.3 is 4.74 Å². The third-order valence-corrected chi connectivity index (χ3v) is 5.23. The van der Waals surface area contributed by atoms with Gasteiger partial charge in [0.25, 0.3) is 0 Å². The fourth-order valence-corrected chi connectivity index (χ4v) is 3.48. The van der Waals surface area contributed by atoms with E-state index in [-0.39, 0.29) is 18.6 Å². The van der Waals surface area contributed by atoms with Crippen LogP contribution in [0.1, 0.15) is 57.4 Å². The van der Waals surface area contributed by atoms with Crippen molar-refractivity contribution in [2.24, 2.45) is 11.8 Å².